The number of fused-ring (bicyclic) bond motifs is 1. The first-order chi connectivity index (χ1) is 7.42. The average molecular weight is 207 g/mol. The Balaban J connectivity index is 1.75. The summed E-state index contributed by atoms with van der Waals surface area (Å²) in [5.74, 6) is 2.43. The smallest absolute Gasteiger partial charge is 0.231 e. The SMILES string of the molecule is c1cc2c(cc1O[C@H]1CCNC1)OCO2. The summed E-state index contributed by atoms with van der Waals surface area (Å²) >= 11 is 0. The van der Waals surface area contributed by atoms with Crippen LogP contribution in [0.1, 0.15) is 6.42 Å². The lowest BCUT2D eigenvalue weighted by Gasteiger charge is -2.12. The molecular formula is C11H13NO3. The van der Waals surface area contributed by atoms with E-state index in [2.05, 4.69) is 5.32 Å². The summed E-state index contributed by atoms with van der Waals surface area (Å²) in [6, 6.07) is 5.70. The maximum Gasteiger partial charge on any atom is 0.231 e. The zero-order valence-electron chi connectivity index (χ0n) is 8.36. The number of rotatable bonds is 2. The van der Waals surface area contributed by atoms with E-state index in [0.717, 1.165) is 36.8 Å². The highest BCUT2D eigenvalue weighted by Gasteiger charge is 2.18. The zero-order chi connectivity index (χ0) is 10.1. The van der Waals surface area contributed by atoms with Gasteiger partial charge in [0, 0.05) is 12.6 Å². The quantitative estimate of drug-likeness (QED) is 0.789. The monoisotopic (exact) mass is 207 g/mol. The number of nitrogens with one attached hydrogen (secondary N) is 1. The van der Waals surface area contributed by atoms with Crippen LogP contribution in [-0.2, 0) is 0 Å². The Morgan fingerprint density at radius 3 is 3.07 bits per heavy atom. The Morgan fingerprint density at radius 1 is 1.27 bits per heavy atom. The molecule has 0 unspecified atom stereocenters. The van der Waals surface area contributed by atoms with Crippen molar-refractivity contribution in [2.24, 2.45) is 0 Å². The van der Waals surface area contributed by atoms with Crippen LogP contribution in [0.3, 0.4) is 0 Å². The van der Waals surface area contributed by atoms with E-state index >= 15 is 0 Å². The van der Waals surface area contributed by atoms with Crippen LogP contribution in [0.5, 0.6) is 17.2 Å². The Morgan fingerprint density at radius 2 is 2.20 bits per heavy atom. The van der Waals surface area contributed by atoms with Gasteiger partial charge in [-0.25, -0.2) is 0 Å². The lowest BCUT2D eigenvalue weighted by Crippen LogP contribution is -2.19. The van der Waals surface area contributed by atoms with Gasteiger partial charge < -0.3 is 19.5 Å². The third-order valence-electron chi connectivity index (χ3n) is 2.66. The van der Waals surface area contributed by atoms with Gasteiger partial charge in [0.25, 0.3) is 0 Å². The molecule has 1 N–H and O–H groups in total. The van der Waals surface area contributed by atoms with Gasteiger partial charge in [-0.05, 0) is 25.1 Å². The molecule has 1 saturated heterocycles. The van der Waals surface area contributed by atoms with E-state index in [1.807, 2.05) is 18.2 Å². The normalized spacial score (nSPS) is 23.1. The fraction of sp³-hybridized carbons (Fsp3) is 0.455. The van der Waals surface area contributed by atoms with Gasteiger partial charge >= 0.3 is 0 Å². The number of ether oxygens (including phenoxy) is 3. The van der Waals surface area contributed by atoms with Gasteiger partial charge in [0.1, 0.15) is 11.9 Å². The highest BCUT2D eigenvalue weighted by molar-refractivity contribution is 5.46. The van der Waals surface area contributed by atoms with E-state index < -0.39 is 0 Å². The van der Waals surface area contributed by atoms with E-state index in [1.54, 1.807) is 0 Å². The van der Waals surface area contributed by atoms with Gasteiger partial charge in [0.15, 0.2) is 11.5 Å². The summed E-state index contributed by atoms with van der Waals surface area (Å²) < 4.78 is 16.3. The van der Waals surface area contributed by atoms with Crippen molar-refractivity contribution in [2.75, 3.05) is 19.9 Å². The lowest BCUT2D eigenvalue weighted by molar-refractivity contribution is 0.173. The summed E-state index contributed by atoms with van der Waals surface area (Å²) in [5, 5.41) is 3.26. The van der Waals surface area contributed by atoms with Crippen LogP contribution in [0.4, 0.5) is 0 Å². The Bertz CT molecular complexity index is 361. The minimum atomic E-state index is 0.283. The van der Waals surface area contributed by atoms with Gasteiger partial charge in [-0.3, -0.25) is 0 Å². The van der Waals surface area contributed by atoms with Crippen LogP contribution in [0, 0.1) is 0 Å². The largest absolute Gasteiger partial charge is 0.489 e. The topological polar surface area (TPSA) is 39.7 Å². The van der Waals surface area contributed by atoms with Crippen LogP contribution < -0.4 is 19.5 Å². The molecule has 15 heavy (non-hydrogen) atoms. The van der Waals surface area contributed by atoms with Crippen molar-refractivity contribution in [1.82, 2.24) is 5.32 Å². The van der Waals surface area contributed by atoms with Crippen molar-refractivity contribution < 1.29 is 14.2 Å². The van der Waals surface area contributed by atoms with E-state index in [9.17, 15) is 0 Å². The molecule has 2 aliphatic heterocycles. The van der Waals surface area contributed by atoms with E-state index in [4.69, 9.17) is 14.2 Å². The molecule has 2 heterocycles. The molecule has 4 nitrogen and oxygen atoms in total. The number of benzene rings is 1. The highest BCUT2D eigenvalue weighted by Crippen LogP contribution is 2.35. The molecular weight excluding hydrogens is 194 g/mol. The maximum absolute atomic E-state index is 5.80. The summed E-state index contributed by atoms with van der Waals surface area (Å²) in [7, 11) is 0. The molecule has 0 bridgehead atoms. The van der Waals surface area contributed by atoms with Crippen LogP contribution in [0.25, 0.3) is 0 Å². The zero-order valence-corrected chi connectivity index (χ0v) is 8.36. The lowest BCUT2D eigenvalue weighted by atomic mass is 10.3. The fourth-order valence-electron chi connectivity index (χ4n) is 1.87. The molecule has 0 aliphatic carbocycles. The third-order valence-corrected chi connectivity index (χ3v) is 2.66. The summed E-state index contributed by atoms with van der Waals surface area (Å²) in [6.07, 6.45) is 1.35. The van der Waals surface area contributed by atoms with Crippen LogP contribution in [0.2, 0.25) is 0 Å². The third kappa shape index (κ3) is 1.72. The molecule has 80 valence electrons. The average Bonchev–Trinajstić information content (AvgIpc) is 2.87. The Hall–Kier alpha value is -1.42. The predicted molar refractivity (Wildman–Crippen MR) is 54.5 cm³/mol. The molecule has 0 radical (unpaired) electrons. The van der Waals surface area contributed by atoms with Crippen molar-refractivity contribution in [1.29, 1.82) is 0 Å². The first-order valence-electron chi connectivity index (χ1n) is 5.19. The molecule has 1 aromatic carbocycles. The van der Waals surface area contributed by atoms with Gasteiger partial charge in [-0.15, -0.1) is 0 Å². The maximum atomic E-state index is 5.80. The number of hydrogen-bond acceptors (Lipinski definition) is 4. The second kappa shape index (κ2) is 3.62. The highest BCUT2D eigenvalue weighted by atomic mass is 16.7. The summed E-state index contributed by atoms with van der Waals surface area (Å²) in [5.41, 5.74) is 0. The van der Waals surface area contributed by atoms with Crippen molar-refractivity contribution in [2.45, 2.75) is 12.5 Å². The Kier molecular flexibility index (Phi) is 2.14. The molecule has 1 aromatic rings. The minimum Gasteiger partial charge on any atom is -0.489 e. The summed E-state index contributed by atoms with van der Waals surface area (Å²) in [4.78, 5) is 0. The molecule has 3 rings (SSSR count). The van der Waals surface area contributed by atoms with Crippen molar-refractivity contribution in [3.05, 3.63) is 18.2 Å². The molecule has 0 saturated carbocycles. The van der Waals surface area contributed by atoms with Gasteiger partial charge in [0.2, 0.25) is 6.79 Å². The first kappa shape index (κ1) is 8.85. The van der Waals surface area contributed by atoms with E-state index in [-0.39, 0.29) is 6.10 Å². The van der Waals surface area contributed by atoms with Gasteiger partial charge in [-0.1, -0.05) is 0 Å². The molecule has 0 aromatic heterocycles. The number of hydrogen-bond donors (Lipinski definition) is 1. The molecule has 0 spiro atoms. The second-order valence-corrected chi connectivity index (χ2v) is 3.75. The van der Waals surface area contributed by atoms with Crippen LogP contribution in [-0.4, -0.2) is 26.0 Å². The summed E-state index contributed by atoms with van der Waals surface area (Å²) in [6.45, 7) is 2.27. The second-order valence-electron chi connectivity index (χ2n) is 3.75. The Labute approximate surface area is 88.1 Å². The van der Waals surface area contributed by atoms with Crippen molar-refractivity contribution >= 4 is 0 Å². The predicted octanol–water partition coefficient (Wildman–Crippen LogP) is 1.16. The molecule has 1 fully saturated rings. The molecule has 2 aliphatic rings. The van der Waals surface area contributed by atoms with Gasteiger partial charge in [-0.2, -0.15) is 0 Å². The van der Waals surface area contributed by atoms with Crippen molar-refractivity contribution in [3.63, 3.8) is 0 Å². The standard InChI is InChI=1S/C11H13NO3/c1-2-10-11(14-7-13-10)5-8(1)15-9-3-4-12-6-9/h1-2,5,9,12H,3-4,6-7H2/t9-/m0/s1. The fourth-order valence-corrected chi connectivity index (χ4v) is 1.87. The minimum absolute atomic E-state index is 0.283. The molecule has 0 amide bonds. The van der Waals surface area contributed by atoms with Gasteiger partial charge in [0.05, 0.1) is 0 Å². The first-order valence-corrected chi connectivity index (χ1v) is 5.19. The van der Waals surface area contributed by atoms with Crippen LogP contribution in [0.15, 0.2) is 18.2 Å². The molecule has 1 atom stereocenters. The molecule has 4 heteroatoms. The van der Waals surface area contributed by atoms with E-state index in [0.29, 0.717) is 6.79 Å². The van der Waals surface area contributed by atoms with E-state index in [1.165, 1.54) is 0 Å². The van der Waals surface area contributed by atoms with Crippen molar-refractivity contribution in [3.8, 4) is 17.2 Å². The van der Waals surface area contributed by atoms with Crippen LogP contribution >= 0.6 is 0 Å².